The molecule has 0 aliphatic carbocycles. The van der Waals surface area contributed by atoms with Crippen LogP contribution in [0, 0.1) is 0 Å². The Morgan fingerprint density at radius 2 is 1.87 bits per heavy atom. The number of carbonyl (C=O) groups is 1. The maximum Gasteiger partial charge on any atom is 0.261 e. The van der Waals surface area contributed by atoms with Crippen LogP contribution in [0.25, 0.3) is 0 Å². The van der Waals surface area contributed by atoms with Gasteiger partial charge in [0, 0.05) is 11.6 Å². The number of rotatable bonds is 8. The Morgan fingerprint density at radius 1 is 1.16 bits per heavy atom. The first-order valence-electron chi connectivity index (χ1n) is 9.39. The predicted octanol–water partition coefficient (Wildman–Crippen LogP) is 4.77. The Kier molecular flexibility index (Phi) is 7.14. The minimum Gasteiger partial charge on any atom is -0.494 e. The molecule has 0 saturated heterocycles. The number of amides is 1. The van der Waals surface area contributed by atoms with Crippen molar-refractivity contribution in [3.63, 3.8) is 0 Å². The van der Waals surface area contributed by atoms with E-state index in [-0.39, 0.29) is 21.4 Å². The summed E-state index contributed by atoms with van der Waals surface area (Å²) in [6.45, 7) is 6.30. The van der Waals surface area contributed by atoms with Crippen LogP contribution >= 0.6 is 22.9 Å². The van der Waals surface area contributed by atoms with Gasteiger partial charge in [0.2, 0.25) is 5.13 Å². The SMILES string of the molecule is CCOc1ccc(NS(=O)(=O)c2ccc(Cl)c(C(=O)Nc3nnc(C(C)C)s3)c2)cc1. The molecule has 0 aliphatic heterocycles. The van der Waals surface area contributed by atoms with Gasteiger partial charge in [-0.15, -0.1) is 10.2 Å². The molecule has 8 nitrogen and oxygen atoms in total. The molecular weight excluding hydrogens is 460 g/mol. The number of sulfonamides is 1. The summed E-state index contributed by atoms with van der Waals surface area (Å²) in [5.41, 5.74) is 0.372. The molecule has 0 spiro atoms. The van der Waals surface area contributed by atoms with Gasteiger partial charge < -0.3 is 4.74 Å². The van der Waals surface area contributed by atoms with Gasteiger partial charge in [-0.1, -0.05) is 36.8 Å². The number of aromatic nitrogens is 2. The van der Waals surface area contributed by atoms with E-state index in [2.05, 4.69) is 20.2 Å². The number of anilines is 2. The largest absolute Gasteiger partial charge is 0.494 e. The van der Waals surface area contributed by atoms with Crippen molar-refractivity contribution in [1.82, 2.24) is 10.2 Å². The van der Waals surface area contributed by atoms with Crippen LogP contribution in [0.1, 0.15) is 42.1 Å². The average Bonchev–Trinajstić information content (AvgIpc) is 3.18. The molecular formula is C20H21ClN4O4S2. The van der Waals surface area contributed by atoms with E-state index < -0.39 is 15.9 Å². The standard InChI is InChI=1S/C20H21ClN4O4S2/c1-4-29-14-7-5-13(6-8-14)25-31(27,28)15-9-10-17(21)16(11-15)18(26)22-20-24-23-19(30-20)12(2)3/h5-12,25H,4H2,1-3H3,(H,22,24,26). The van der Waals surface area contributed by atoms with Gasteiger partial charge in [-0.2, -0.15) is 0 Å². The van der Waals surface area contributed by atoms with Gasteiger partial charge in [0.25, 0.3) is 15.9 Å². The van der Waals surface area contributed by atoms with Gasteiger partial charge in [0.1, 0.15) is 10.8 Å². The third-order valence-corrected chi connectivity index (χ3v) is 6.91. The van der Waals surface area contributed by atoms with Crippen molar-refractivity contribution in [3.8, 4) is 5.75 Å². The van der Waals surface area contributed by atoms with Crippen LogP contribution in [0.4, 0.5) is 10.8 Å². The van der Waals surface area contributed by atoms with Crippen LogP contribution in [0.5, 0.6) is 5.75 Å². The second-order valence-corrected chi connectivity index (χ2v) is 9.86. The Labute approximate surface area is 189 Å². The van der Waals surface area contributed by atoms with E-state index in [1.54, 1.807) is 24.3 Å². The summed E-state index contributed by atoms with van der Waals surface area (Å²) < 4.78 is 33.4. The van der Waals surface area contributed by atoms with Crippen molar-refractivity contribution in [3.05, 3.63) is 58.1 Å². The highest BCUT2D eigenvalue weighted by molar-refractivity contribution is 7.92. The number of benzene rings is 2. The molecule has 1 heterocycles. The van der Waals surface area contributed by atoms with E-state index in [1.807, 2.05) is 20.8 Å². The van der Waals surface area contributed by atoms with E-state index in [4.69, 9.17) is 16.3 Å². The van der Waals surface area contributed by atoms with Gasteiger partial charge in [-0.05, 0) is 49.4 Å². The van der Waals surface area contributed by atoms with Gasteiger partial charge in [0.15, 0.2) is 0 Å². The van der Waals surface area contributed by atoms with Crippen LogP contribution < -0.4 is 14.8 Å². The van der Waals surface area contributed by atoms with E-state index in [0.29, 0.717) is 23.2 Å². The first-order valence-corrected chi connectivity index (χ1v) is 12.1. The minimum absolute atomic E-state index is 0.0116. The average molecular weight is 481 g/mol. The van der Waals surface area contributed by atoms with Crippen molar-refractivity contribution in [2.24, 2.45) is 0 Å². The van der Waals surface area contributed by atoms with Gasteiger partial charge in [-0.3, -0.25) is 14.8 Å². The third-order valence-electron chi connectivity index (χ3n) is 4.07. The highest BCUT2D eigenvalue weighted by Crippen LogP contribution is 2.26. The summed E-state index contributed by atoms with van der Waals surface area (Å²) in [6, 6.07) is 10.4. The van der Waals surface area contributed by atoms with Crippen molar-refractivity contribution in [2.75, 3.05) is 16.6 Å². The maximum atomic E-state index is 12.8. The number of nitrogens with zero attached hydrogens (tertiary/aromatic N) is 2. The monoisotopic (exact) mass is 480 g/mol. The summed E-state index contributed by atoms with van der Waals surface area (Å²) >= 11 is 7.40. The lowest BCUT2D eigenvalue weighted by molar-refractivity contribution is 0.102. The maximum absolute atomic E-state index is 12.8. The summed E-state index contributed by atoms with van der Waals surface area (Å²) in [6.07, 6.45) is 0. The Hall–Kier alpha value is -2.69. The highest BCUT2D eigenvalue weighted by atomic mass is 35.5. The van der Waals surface area contributed by atoms with Crippen molar-refractivity contribution in [1.29, 1.82) is 0 Å². The van der Waals surface area contributed by atoms with E-state index in [9.17, 15) is 13.2 Å². The number of hydrogen-bond acceptors (Lipinski definition) is 7. The van der Waals surface area contributed by atoms with Crippen molar-refractivity contribution >= 4 is 49.7 Å². The number of hydrogen-bond donors (Lipinski definition) is 2. The summed E-state index contributed by atoms with van der Waals surface area (Å²) in [5.74, 6) is 0.233. The fourth-order valence-corrected chi connectivity index (χ4v) is 4.56. The van der Waals surface area contributed by atoms with Gasteiger partial charge >= 0.3 is 0 Å². The molecule has 0 aliphatic rings. The van der Waals surface area contributed by atoms with E-state index in [1.165, 1.54) is 29.5 Å². The first-order chi connectivity index (χ1) is 14.7. The molecule has 31 heavy (non-hydrogen) atoms. The van der Waals surface area contributed by atoms with Crippen LogP contribution in [0.2, 0.25) is 5.02 Å². The van der Waals surface area contributed by atoms with Crippen LogP contribution in [-0.2, 0) is 10.0 Å². The molecule has 3 aromatic rings. The Bertz CT molecular complexity index is 1180. The highest BCUT2D eigenvalue weighted by Gasteiger charge is 2.20. The lowest BCUT2D eigenvalue weighted by Gasteiger charge is -2.11. The molecule has 2 N–H and O–H groups in total. The van der Waals surface area contributed by atoms with E-state index in [0.717, 1.165) is 5.01 Å². The quantitative estimate of drug-likeness (QED) is 0.480. The van der Waals surface area contributed by atoms with Crippen molar-refractivity contribution < 1.29 is 17.9 Å². The zero-order valence-electron chi connectivity index (χ0n) is 17.0. The lowest BCUT2D eigenvalue weighted by atomic mass is 10.2. The molecule has 2 aromatic carbocycles. The summed E-state index contributed by atoms with van der Waals surface area (Å²) in [7, 11) is -3.95. The number of nitrogens with one attached hydrogen (secondary N) is 2. The molecule has 0 atom stereocenters. The second-order valence-electron chi connectivity index (χ2n) is 6.76. The molecule has 11 heteroatoms. The molecule has 0 saturated carbocycles. The molecule has 3 rings (SSSR count). The predicted molar refractivity (Wildman–Crippen MR) is 122 cm³/mol. The molecule has 0 fully saturated rings. The Balaban J connectivity index is 1.80. The lowest BCUT2D eigenvalue weighted by Crippen LogP contribution is -2.16. The second kappa shape index (κ2) is 9.63. The van der Waals surface area contributed by atoms with Crippen LogP contribution in [0.3, 0.4) is 0 Å². The van der Waals surface area contributed by atoms with Crippen LogP contribution in [0.15, 0.2) is 47.4 Å². The van der Waals surface area contributed by atoms with Gasteiger partial charge in [0.05, 0.1) is 22.1 Å². The topological polar surface area (TPSA) is 110 Å². The summed E-state index contributed by atoms with van der Waals surface area (Å²) in [5, 5.41) is 11.8. The minimum atomic E-state index is -3.95. The summed E-state index contributed by atoms with van der Waals surface area (Å²) in [4.78, 5) is 12.6. The normalized spacial score (nSPS) is 11.4. The molecule has 1 aromatic heterocycles. The number of halogens is 1. The number of ether oxygens (including phenoxy) is 1. The molecule has 0 radical (unpaired) electrons. The zero-order valence-corrected chi connectivity index (χ0v) is 19.4. The number of carbonyl (C=O) groups excluding carboxylic acids is 1. The van der Waals surface area contributed by atoms with Crippen LogP contribution in [-0.4, -0.2) is 31.1 Å². The van der Waals surface area contributed by atoms with Gasteiger partial charge in [-0.25, -0.2) is 8.42 Å². The Morgan fingerprint density at radius 3 is 2.48 bits per heavy atom. The zero-order chi connectivity index (χ0) is 22.6. The third kappa shape index (κ3) is 5.72. The van der Waals surface area contributed by atoms with Crippen molar-refractivity contribution in [2.45, 2.75) is 31.6 Å². The fraction of sp³-hybridized carbons (Fsp3) is 0.250. The first kappa shape index (κ1) is 23.0. The molecule has 0 unspecified atom stereocenters. The molecule has 1 amide bonds. The van der Waals surface area contributed by atoms with E-state index >= 15 is 0 Å². The smallest absolute Gasteiger partial charge is 0.261 e. The fourth-order valence-electron chi connectivity index (χ4n) is 2.53. The molecule has 164 valence electrons. The molecule has 0 bridgehead atoms.